The third-order valence-corrected chi connectivity index (χ3v) is 5.30. The molecule has 0 aromatic heterocycles. The van der Waals surface area contributed by atoms with Gasteiger partial charge in [0.2, 0.25) is 0 Å². The van der Waals surface area contributed by atoms with Crippen LogP contribution in [0.25, 0.3) is 5.76 Å². The van der Waals surface area contributed by atoms with E-state index in [1.54, 1.807) is 36.3 Å². The maximum Gasteiger partial charge on any atom is 0.295 e. The van der Waals surface area contributed by atoms with Crippen LogP contribution in [-0.2, 0) is 9.59 Å². The lowest BCUT2D eigenvalue weighted by atomic mass is 9.95. The molecule has 1 fully saturated rings. The summed E-state index contributed by atoms with van der Waals surface area (Å²) in [6.07, 6.45) is 0.719. The minimum atomic E-state index is -0.654. The van der Waals surface area contributed by atoms with Crippen molar-refractivity contribution in [1.82, 2.24) is 9.80 Å². The van der Waals surface area contributed by atoms with Crippen LogP contribution in [0, 0.1) is 6.92 Å². The van der Waals surface area contributed by atoms with Gasteiger partial charge in [-0.3, -0.25) is 9.59 Å². The Kier molecular flexibility index (Phi) is 6.57. The molecule has 0 aliphatic carbocycles. The monoisotopic (exact) mass is 408 g/mol. The van der Waals surface area contributed by atoms with Gasteiger partial charge in [-0.1, -0.05) is 42.0 Å². The Bertz CT molecular complexity index is 946. The van der Waals surface area contributed by atoms with Crippen LogP contribution in [0.2, 0.25) is 0 Å². The Balaban J connectivity index is 2.07. The van der Waals surface area contributed by atoms with Crippen molar-refractivity contribution in [2.75, 3.05) is 34.3 Å². The average Bonchev–Trinajstić information content (AvgIpc) is 2.98. The van der Waals surface area contributed by atoms with Gasteiger partial charge in [-0.05, 0) is 51.7 Å². The predicted molar refractivity (Wildman–Crippen MR) is 116 cm³/mol. The first-order valence-corrected chi connectivity index (χ1v) is 9.97. The van der Waals surface area contributed by atoms with Crippen molar-refractivity contribution in [1.29, 1.82) is 0 Å². The van der Waals surface area contributed by atoms with Gasteiger partial charge in [-0.25, -0.2) is 0 Å². The molecule has 1 heterocycles. The summed E-state index contributed by atoms with van der Waals surface area (Å²) in [4.78, 5) is 29.4. The summed E-state index contributed by atoms with van der Waals surface area (Å²) in [5.41, 5.74) is 2.44. The molecule has 0 spiro atoms. The topological polar surface area (TPSA) is 70.1 Å². The van der Waals surface area contributed by atoms with Crippen LogP contribution in [0.3, 0.4) is 0 Å². The van der Waals surface area contributed by atoms with Gasteiger partial charge in [0.1, 0.15) is 11.5 Å². The van der Waals surface area contributed by atoms with Crippen LogP contribution in [0.5, 0.6) is 5.75 Å². The number of methoxy groups -OCH3 is 1. The van der Waals surface area contributed by atoms with Crippen LogP contribution >= 0.6 is 0 Å². The number of ether oxygens (including phenoxy) is 1. The van der Waals surface area contributed by atoms with E-state index in [9.17, 15) is 14.7 Å². The number of amides is 1. The van der Waals surface area contributed by atoms with Crippen molar-refractivity contribution in [3.05, 3.63) is 70.8 Å². The van der Waals surface area contributed by atoms with Gasteiger partial charge in [0.15, 0.2) is 0 Å². The summed E-state index contributed by atoms with van der Waals surface area (Å²) >= 11 is 0. The molecule has 1 N–H and O–H groups in total. The Morgan fingerprint density at radius 3 is 2.27 bits per heavy atom. The molecule has 0 radical (unpaired) electrons. The van der Waals surface area contributed by atoms with Crippen molar-refractivity contribution < 1.29 is 19.4 Å². The largest absolute Gasteiger partial charge is 0.507 e. The van der Waals surface area contributed by atoms with Crippen LogP contribution in [-0.4, -0.2) is 60.9 Å². The van der Waals surface area contributed by atoms with Crippen molar-refractivity contribution in [2.24, 2.45) is 0 Å². The van der Waals surface area contributed by atoms with E-state index in [1.165, 1.54) is 0 Å². The van der Waals surface area contributed by atoms with Crippen LogP contribution in [0.4, 0.5) is 0 Å². The number of ketones is 1. The molecule has 2 aromatic rings. The third kappa shape index (κ3) is 4.39. The number of aliphatic hydroxyl groups is 1. The molecule has 2 aromatic carbocycles. The van der Waals surface area contributed by atoms with Gasteiger partial charge in [-0.15, -0.1) is 0 Å². The zero-order valence-corrected chi connectivity index (χ0v) is 17.9. The van der Waals surface area contributed by atoms with Gasteiger partial charge >= 0.3 is 0 Å². The van der Waals surface area contributed by atoms with E-state index in [-0.39, 0.29) is 11.3 Å². The zero-order valence-electron chi connectivity index (χ0n) is 17.9. The van der Waals surface area contributed by atoms with E-state index < -0.39 is 17.7 Å². The second kappa shape index (κ2) is 9.13. The summed E-state index contributed by atoms with van der Waals surface area (Å²) in [6, 6.07) is 13.9. The molecule has 1 aliphatic rings. The molecule has 3 rings (SSSR count). The molecule has 6 nitrogen and oxygen atoms in total. The minimum Gasteiger partial charge on any atom is -0.507 e. The third-order valence-electron chi connectivity index (χ3n) is 5.30. The highest BCUT2D eigenvalue weighted by atomic mass is 16.5. The van der Waals surface area contributed by atoms with E-state index >= 15 is 0 Å². The number of Topliss-reactive ketones (excluding diaryl/α,β-unsaturated/α-hetero) is 1. The van der Waals surface area contributed by atoms with E-state index in [0.29, 0.717) is 17.9 Å². The van der Waals surface area contributed by atoms with Gasteiger partial charge < -0.3 is 19.6 Å². The van der Waals surface area contributed by atoms with Crippen LogP contribution in [0.1, 0.15) is 29.2 Å². The Morgan fingerprint density at radius 1 is 1.07 bits per heavy atom. The number of carbonyl (C=O) groups is 2. The first-order chi connectivity index (χ1) is 14.3. The summed E-state index contributed by atoms with van der Waals surface area (Å²) in [7, 11) is 5.51. The van der Waals surface area contributed by atoms with E-state index in [2.05, 4.69) is 0 Å². The molecule has 1 aliphatic heterocycles. The molecule has 1 amide bonds. The lowest BCUT2D eigenvalue weighted by molar-refractivity contribution is -0.139. The molecule has 158 valence electrons. The number of likely N-dealkylation sites (tertiary alicyclic amines) is 1. The molecular weight excluding hydrogens is 380 g/mol. The number of hydrogen-bond acceptors (Lipinski definition) is 5. The highest BCUT2D eigenvalue weighted by molar-refractivity contribution is 6.46. The number of benzene rings is 2. The minimum absolute atomic E-state index is 0.124. The van der Waals surface area contributed by atoms with Crippen LogP contribution < -0.4 is 4.74 Å². The fourth-order valence-corrected chi connectivity index (χ4v) is 3.67. The Hall–Kier alpha value is -3.12. The first-order valence-electron chi connectivity index (χ1n) is 9.97. The molecule has 1 atom stereocenters. The van der Waals surface area contributed by atoms with Gasteiger partial charge in [-0.2, -0.15) is 0 Å². The smallest absolute Gasteiger partial charge is 0.295 e. The van der Waals surface area contributed by atoms with Gasteiger partial charge in [0.05, 0.1) is 18.7 Å². The van der Waals surface area contributed by atoms with Crippen LogP contribution in [0.15, 0.2) is 54.1 Å². The lowest BCUT2D eigenvalue weighted by Gasteiger charge is -2.26. The van der Waals surface area contributed by atoms with E-state index in [4.69, 9.17) is 4.74 Å². The number of rotatable bonds is 7. The fourth-order valence-electron chi connectivity index (χ4n) is 3.67. The fraction of sp³-hybridized carbons (Fsp3) is 0.333. The predicted octanol–water partition coefficient (Wildman–Crippen LogP) is 3.38. The zero-order chi connectivity index (χ0) is 21.8. The van der Waals surface area contributed by atoms with E-state index in [0.717, 1.165) is 24.1 Å². The standard InChI is InChI=1S/C24H28N2O4/c1-16-6-8-18(9-7-16)22(27)20-21(17-10-12-19(30-4)13-11-17)26(24(29)23(20)28)15-5-14-25(2)3/h6-13,21,27H,5,14-15H2,1-4H3/b22-20+. The van der Waals surface area contributed by atoms with Crippen molar-refractivity contribution >= 4 is 17.4 Å². The summed E-state index contributed by atoms with van der Waals surface area (Å²) in [5.74, 6) is -0.701. The van der Waals surface area contributed by atoms with Crippen molar-refractivity contribution in [2.45, 2.75) is 19.4 Å². The Morgan fingerprint density at radius 2 is 1.70 bits per heavy atom. The normalized spacial score (nSPS) is 18.3. The molecule has 1 unspecified atom stereocenters. The van der Waals surface area contributed by atoms with Gasteiger partial charge in [0.25, 0.3) is 11.7 Å². The second-order valence-corrected chi connectivity index (χ2v) is 7.79. The number of carbonyl (C=O) groups excluding carboxylic acids is 2. The maximum atomic E-state index is 13.0. The summed E-state index contributed by atoms with van der Waals surface area (Å²) in [5, 5.41) is 11.0. The van der Waals surface area contributed by atoms with Crippen molar-refractivity contribution in [3.63, 3.8) is 0 Å². The SMILES string of the molecule is COc1ccc(C2/C(=C(\O)c3ccc(C)cc3)C(=O)C(=O)N2CCCN(C)C)cc1. The quantitative estimate of drug-likeness (QED) is 0.432. The number of aliphatic hydroxyl groups excluding tert-OH is 1. The molecular formula is C24H28N2O4. The molecule has 0 bridgehead atoms. The van der Waals surface area contributed by atoms with E-state index in [1.807, 2.05) is 50.2 Å². The maximum absolute atomic E-state index is 13.0. The first kappa shape index (κ1) is 21.6. The highest BCUT2D eigenvalue weighted by Crippen LogP contribution is 2.39. The summed E-state index contributed by atoms with van der Waals surface area (Å²) < 4.78 is 5.23. The Labute approximate surface area is 177 Å². The second-order valence-electron chi connectivity index (χ2n) is 7.79. The number of hydrogen-bond donors (Lipinski definition) is 1. The number of aryl methyl sites for hydroxylation is 1. The highest BCUT2D eigenvalue weighted by Gasteiger charge is 2.45. The molecule has 30 heavy (non-hydrogen) atoms. The van der Waals surface area contributed by atoms with Crippen molar-refractivity contribution in [3.8, 4) is 5.75 Å². The molecule has 6 heteroatoms. The average molecular weight is 408 g/mol. The summed E-state index contributed by atoms with van der Waals surface area (Å²) in [6.45, 7) is 3.16. The molecule has 1 saturated heterocycles. The lowest BCUT2D eigenvalue weighted by Crippen LogP contribution is -2.32. The molecule has 0 saturated carbocycles. The number of nitrogens with zero attached hydrogens (tertiary/aromatic N) is 2. The van der Waals surface area contributed by atoms with Gasteiger partial charge in [0, 0.05) is 12.1 Å².